The van der Waals surface area contributed by atoms with Crippen LogP contribution in [-0.4, -0.2) is 35.0 Å². The maximum Gasteiger partial charge on any atom is 0.217 e. The zero-order chi connectivity index (χ0) is 11.5. The first-order valence-electron chi connectivity index (χ1n) is 5.14. The quantitative estimate of drug-likeness (QED) is 0.814. The lowest BCUT2D eigenvalue weighted by atomic mass is 10.3. The van der Waals surface area contributed by atoms with Gasteiger partial charge in [0, 0.05) is 32.3 Å². The average molecular weight is 332 g/mol. The van der Waals surface area contributed by atoms with Gasteiger partial charge in [-0.05, 0) is 29.0 Å². The van der Waals surface area contributed by atoms with Gasteiger partial charge in [-0.2, -0.15) is 0 Å². The number of anilines is 1. The van der Waals surface area contributed by atoms with Crippen molar-refractivity contribution in [3.8, 4) is 0 Å². The Balaban J connectivity index is 2.04. The van der Waals surface area contributed by atoms with Crippen LogP contribution in [0.3, 0.4) is 0 Å². The molecule has 1 aliphatic rings. The van der Waals surface area contributed by atoms with E-state index in [1.165, 1.54) is 0 Å². The third-order valence-electron chi connectivity index (χ3n) is 2.54. The van der Waals surface area contributed by atoms with Gasteiger partial charge in [-0.1, -0.05) is 0 Å². The van der Waals surface area contributed by atoms with Gasteiger partial charge >= 0.3 is 0 Å². The first kappa shape index (κ1) is 11.6. The third kappa shape index (κ3) is 2.60. The average Bonchev–Trinajstić information content (AvgIpc) is 2.66. The molecule has 0 saturated carbocycles. The van der Waals surface area contributed by atoms with E-state index >= 15 is 0 Å². The minimum Gasteiger partial charge on any atom is -0.354 e. The Morgan fingerprint density at radius 3 is 3.19 bits per heavy atom. The minimum atomic E-state index is 0.0317. The number of hydrogen-bond donors (Lipinski definition) is 1. The second kappa shape index (κ2) is 4.94. The second-order valence-corrected chi connectivity index (χ2v) is 4.99. The monoisotopic (exact) mass is 332 g/mol. The van der Waals surface area contributed by atoms with E-state index in [1.807, 2.05) is 0 Å². The number of hydrogen-bond acceptors (Lipinski definition) is 4. The van der Waals surface area contributed by atoms with Crippen LogP contribution in [0.5, 0.6) is 0 Å². The molecule has 1 aromatic rings. The first-order chi connectivity index (χ1) is 7.66. The Morgan fingerprint density at radius 1 is 1.69 bits per heavy atom. The van der Waals surface area contributed by atoms with E-state index in [-0.39, 0.29) is 11.9 Å². The largest absolute Gasteiger partial charge is 0.354 e. The van der Waals surface area contributed by atoms with Crippen molar-refractivity contribution in [1.29, 1.82) is 0 Å². The first-order valence-corrected chi connectivity index (χ1v) is 6.22. The molecule has 1 N–H and O–H groups in total. The topological polar surface area (TPSA) is 58.1 Å². The molecule has 1 saturated heterocycles. The summed E-state index contributed by atoms with van der Waals surface area (Å²) in [6.07, 6.45) is 4.33. The van der Waals surface area contributed by atoms with Crippen molar-refractivity contribution in [3.05, 3.63) is 16.1 Å². The predicted octanol–water partition coefficient (Wildman–Crippen LogP) is 0.796. The summed E-state index contributed by atoms with van der Waals surface area (Å²) in [6, 6.07) is 0.239. The molecule has 5 nitrogen and oxygen atoms in total. The lowest BCUT2D eigenvalue weighted by Crippen LogP contribution is -2.35. The molecule has 1 aromatic heterocycles. The smallest absolute Gasteiger partial charge is 0.217 e. The van der Waals surface area contributed by atoms with Crippen LogP contribution in [0.25, 0.3) is 0 Å². The number of nitrogens with one attached hydrogen (secondary N) is 1. The van der Waals surface area contributed by atoms with Gasteiger partial charge in [0.1, 0.15) is 12.1 Å². The van der Waals surface area contributed by atoms with Crippen LogP contribution in [0.2, 0.25) is 0 Å². The van der Waals surface area contributed by atoms with Crippen LogP contribution in [-0.2, 0) is 4.79 Å². The summed E-state index contributed by atoms with van der Waals surface area (Å²) in [7, 11) is 0. The third-order valence-corrected chi connectivity index (χ3v) is 3.30. The van der Waals surface area contributed by atoms with Crippen molar-refractivity contribution < 1.29 is 4.79 Å². The number of carbonyl (C=O) groups excluding carboxylic acids is 1. The summed E-state index contributed by atoms with van der Waals surface area (Å²) in [6.45, 7) is 3.31. The van der Waals surface area contributed by atoms with Crippen LogP contribution in [0, 0.1) is 3.57 Å². The van der Waals surface area contributed by atoms with E-state index < -0.39 is 0 Å². The number of amides is 1. The summed E-state index contributed by atoms with van der Waals surface area (Å²) >= 11 is 2.23. The highest BCUT2D eigenvalue weighted by Crippen LogP contribution is 2.22. The molecule has 0 aromatic carbocycles. The van der Waals surface area contributed by atoms with E-state index in [0.717, 1.165) is 28.9 Å². The van der Waals surface area contributed by atoms with Crippen molar-refractivity contribution in [2.45, 2.75) is 19.4 Å². The normalized spacial score (nSPS) is 19.9. The lowest BCUT2D eigenvalue weighted by molar-refractivity contribution is -0.119. The zero-order valence-corrected chi connectivity index (χ0v) is 11.1. The molecule has 2 rings (SSSR count). The second-order valence-electron chi connectivity index (χ2n) is 3.83. The molecule has 6 heteroatoms. The molecule has 0 spiro atoms. The maximum absolute atomic E-state index is 11.0. The number of carbonyl (C=O) groups is 1. The van der Waals surface area contributed by atoms with Gasteiger partial charge in [0.15, 0.2) is 0 Å². The highest BCUT2D eigenvalue weighted by molar-refractivity contribution is 14.1. The van der Waals surface area contributed by atoms with E-state index in [4.69, 9.17) is 0 Å². The molecule has 0 bridgehead atoms. The standard InChI is InChI=1S/C10H13IN4O/c1-7(16)14-8-2-3-15(5-8)10-9(11)4-12-6-13-10/h4,6,8H,2-3,5H2,1H3,(H,14,16). The van der Waals surface area contributed by atoms with E-state index in [1.54, 1.807) is 19.4 Å². The Morgan fingerprint density at radius 2 is 2.50 bits per heavy atom. The predicted molar refractivity (Wildman–Crippen MR) is 69.2 cm³/mol. The van der Waals surface area contributed by atoms with Gasteiger partial charge < -0.3 is 10.2 Å². The van der Waals surface area contributed by atoms with Crippen LogP contribution in [0.4, 0.5) is 5.82 Å². The fourth-order valence-electron chi connectivity index (χ4n) is 1.90. The minimum absolute atomic E-state index is 0.0317. The van der Waals surface area contributed by atoms with Crippen LogP contribution < -0.4 is 10.2 Å². The highest BCUT2D eigenvalue weighted by Gasteiger charge is 2.25. The van der Waals surface area contributed by atoms with Gasteiger partial charge in [-0.3, -0.25) is 4.79 Å². The van der Waals surface area contributed by atoms with E-state index in [0.29, 0.717) is 0 Å². The zero-order valence-electron chi connectivity index (χ0n) is 8.98. The molecule has 2 heterocycles. The summed E-state index contributed by atoms with van der Waals surface area (Å²) in [5.41, 5.74) is 0. The Kier molecular flexibility index (Phi) is 3.57. The fourth-order valence-corrected chi connectivity index (χ4v) is 2.54. The van der Waals surface area contributed by atoms with Gasteiger partial charge in [0.2, 0.25) is 5.91 Å². The molecule has 1 atom stereocenters. The molecule has 0 radical (unpaired) electrons. The lowest BCUT2D eigenvalue weighted by Gasteiger charge is -2.18. The number of aromatic nitrogens is 2. The number of rotatable bonds is 2. The van der Waals surface area contributed by atoms with E-state index in [2.05, 4.69) is 42.8 Å². The van der Waals surface area contributed by atoms with E-state index in [9.17, 15) is 4.79 Å². The summed E-state index contributed by atoms with van der Waals surface area (Å²) in [5.74, 6) is 0.993. The molecule has 86 valence electrons. The van der Waals surface area contributed by atoms with Crippen LogP contribution >= 0.6 is 22.6 Å². The Bertz CT molecular complexity index is 398. The number of nitrogens with zero attached hydrogens (tertiary/aromatic N) is 3. The van der Waals surface area contributed by atoms with Gasteiger partial charge in [-0.25, -0.2) is 9.97 Å². The van der Waals surface area contributed by atoms with Crippen molar-refractivity contribution >= 4 is 34.3 Å². The van der Waals surface area contributed by atoms with Crippen LogP contribution in [0.1, 0.15) is 13.3 Å². The summed E-state index contributed by atoms with van der Waals surface area (Å²) < 4.78 is 1.04. The summed E-state index contributed by atoms with van der Waals surface area (Å²) in [4.78, 5) is 21.4. The molecule has 1 amide bonds. The fraction of sp³-hybridized carbons (Fsp3) is 0.500. The van der Waals surface area contributed by atoms with Crippen molar-refractivity contribution in [3.63, 3.8) is 0 Å². The number of halogens is 1. The molecule has 1 aliphatic heterocycles. The van der Waals surface area contributed by atoms with Gasteiger partial charge in [0.25, 0.3) is 0 Å². The SMILES string of the molecule is CC(=O)NC1CCN(c2ncncc2I)C1. The van der Waals surface area contributed by atoms with Gasteiger partial charge in [0.05, 0.1) is 3.57 Å². The van der Waals surface area contributed by atoms with Crippen molar-refractivity contribution in [2.24, 2.45) is 0 Å². The Labute approximate surface area is 108 Å². The van der Waals surface area contributed by atoms with Crippen LogP contribution in [0.15, 0.2) is 12.5 Å². The van der Waals surface area contributed by atoms with Crippen molar-refractivity contribution in [1.82, 2.24) is 15.3 Å². The van der Waals surface area contributed by atoms with Crippen molar-refractivity contribution in [2.75, 3.05) is 18.0 Å². The van der Waals surface area contributed by atoms with Gasteiger partial charge in [-0.15, -0.1) is 0 Å². The Hall–Kier alpha value is -0.920. The molecular formula is C10H13IN4O. The molecule has 1 fully saturated rings. The highest BCUT2D eigenvalue weighted by atomic mass is 127. The molecular weight excluding hydrogens is 319 g/mol. The molecule has 16 heavy (non-hydrogen) atoms. The maximum atomic E-state index is 11.0. The summed E-state index contributed by atoms with van der Waals surface area (Å²) in [5, 5.41) is 2.93. The molecule has 0 aliphatic carbocycles. The molecule has 1 unspecified atom stereocenters.